The van der Waals surface area contributed by atoms with Crippen LogP contribution in [-0.4, -0.2) is 52.0 Å². The second kappa shape index (κ2) is 9.01. The molecule has 0 spiro atoms. The van der Waals surface area contributed by atoms with Gasteiger partial charge in [0.1, 0.15) is 0 Å². The quantitative estimate of drug-likeness (QED) is 0.198. The van der Waals surface area contributed by atoms with Gasteiger partial charge >= 0.3 is 13.8 Å². The molecule has 8 N–H and O–H groups in total. The van der Waals surface area contributed by atoms with Gasteiger partial charge in [-0.1, -0.05) is 6.42 Å². The van der Waals surface area contributed by atoms with Crippen molar-refractivity contribution in [3.8, 4) is 0 Å². The van der Waals surface area contributed by atoms with E-state index < -0.39 is 38.4 Å². The molecule has 0 rings (SSSR count). The number of hydrogen-bond acceptors (Lipinski definition) is 6. The second-order valence-corrected chi connectivity index (χ2v) is 5.32. The Labute approximate surface area is 115 Å². The zero-order valence-corrected chi connectivity index (χ0v) is 11.7. The minimum atomic E-state index is -4.81. The van der Waals surface area contributed by atoms with E-state index in [1.165, 1.54) is 0 Å². The number of phosphoric ester groups is 1. The number of nitrogens with one attached hydrogen (secondary N) is 1. The van der Waals surface area contributed by atoms with Crippen LogP contribution in [0.25, 0.3) is 0 Å². The molecule has 11 heteroatoms. The van der Waals surface area contributed by atoms with Crippen molar-refractivity contribution < 1.29 is 33.6 Å². The van der Waals surface area contributed by atoms with Crippen molar-refractivity contribution in [3.63, 3.8) is 0 Å². The van der Waals surface area contributed by atoms with Crippen LogP contribution in [0.3, 0.4) is 0 Å². The maximum absolute atomic E-state index is 11.6. The Bertz CT molecular complexity index is 373. The lowest BCUT2D eigenvalue weighted by Crippen LogP contribution is -2.50. The van der Waals surface area contributed by atoms with E-state index in [0.29, 0.717) is 25.8 Å². The summed E-state index contributed by atoms with van der Waals surface area (Å²) >= 11 is 0. The number of hydrogen-bond donors (Lipinski definition) is 6. The van der Waals surface area contributed by atoms with Gasteiger partial charge in [-0.25, -0.2) is 9.36 Å². The molecule has 0 aromatic carbocycles. The van der Waals surface area contributed by atoms with E-state index in [0.717, 1.165) is 0 Å². The number of carboxylic acid groups (broad SMARTS) is 1. The fourth-order valence-electron chi connectivity index (χ4n) is 1.26. The summed E-state index contributed by atoms with van der Waals surface area (Å²) in [6.07, 6.45) is 1.63. The smallest absolute Gasteiger partial charge is 0.469 e. The number of carboxylic acids is 1. The molecule has 0 heterocycles. The van der Waals surface area contributed by atoms with Crippen LogP contribution >= 0.6 is 7.82 Å². The van der Waals surface area contributed by atoms with Crippen molar-refractivity contribution in [3.05, 3.63) is 0 Å². The number of unbranched alkanes of at least 4 members (excludes halogenated alkanes) is 1. The number of rotatable bonds is 10. The highest BCUT2D eigenvalue weighted by atomic mass is 31.2. The lowest BCUT2D eigenvalue weighted by molar-refractivity contribution is -0.143. The first kappa shape index (κ1) is 19.0. The molecule has 2 atom stereocenters. The zero-order chi connectivity index (χ0) is 15.8. The largest absolute Gasteiger partial charge is 0.480 e. The molecule has 0 aromatic heterocycles. The average molecular weight is 313 g/mol. The first-order valence-corrected chi connectivity index (χ1v) is 7.39. The standard InChI is InChI=1S/C9H20N3O7P/c10-4-2-1-3-6(11)8(13)12-7(9(14)15)5-19-20(16,17)18/h6-7H,1-5,10-11H2,(H,12,13)(H,14,15)(H2,16,17,18)/t6-,7-/m0/s1. The summed E-state index contributed by atoms with van der Waals surface area (Å²) in [4.78, 5) is 39.4. The Morgan fingerprint density at radius 1 is 1.30 bits per heavy atom. The molecule has 0 aliphatic heterocycles. The third-order valence-corrected chi connectivity index (χ3v) is 2.82. The number of carbonyl (C=O) groups excluding carboxylic acids is 1. The van der Waals surface area contributed by atoms with E-state index >= 15 is 0 Å². The molecule has 0 aliphatic rings. The third-order valence-electron chi connectivity index (χ3n) is 2.33. The van der Waals surface area contributed by atoms with Crippen LogP contribution in [0.1, 0.15) is 19.3 Å². The lowest BCUT2D eigenvalue weighted by atomic mass is 10.1. The fraction of sp³-hybridized carbons (Fsp3) is 0.778. The minimum Gasteiger partial charge on any atom is -0.480 e. The monoisotopic (exact) mass is 313 g/mol. The number of phosphoric acid groups is 1. The van der Waals surface area contributed by atoms with Gasteiger partial charge in [0.05, 0.1) is 12.6 Å². The van der Waals surface area contributed by atoms with Gasteiger partial charge in [-0.15, -0.1) is 0 Å². The van der Waals surface area contributed by atoms with Gasteiger partial charge in [-0.3, -0.25) is 9.32 Å². The van der Waals surface area contributed by atoms with E-state index in [-0.39, 0.29) is 0 Å². The molecule has 1 amide bonds. The van der Waals surface area contributed by atoms with E-state index in [1.54, 1.807) is 0 Å². The highest BCUT2D eigenvalue weighted by Crippen LogP contribution is 2.35. The predicted molar refractivity (Wildman–Crippen MR) is 68.4 cm³/mol. The highest BCUT2D eigenvalue weighted by molar-refractivity contribution is 7.46. The average Bonchev–Trinajstić information content (AvgIpc) is 2.32. The van der Waals surface area contributed by atoms with Gasteiger partial charge < -0.3 is 31.7 Å². The molecule has 10 nitrogen and oxygen atoms in total. The minimum absolute atomic E-state index is 0.328. The van der Waals surface area contributed by atoms with Crippen LogP contribution in [0.5, 0.6) is 0 Å². The molecule has 0 unspecified atom stereocenters. The Morgan fingerprint density at radius 3 is 2.35 bits per heavy atom. The molecule has 0 saturated heterocycles. The predicted octanol–water partition coefficient (Wildman–Crippen LogP) is -1.88. The molecule has 0 saturated carbocycles. The van der Waals surface area contributed by atoms with Gasteiger partial charge in [0.2, 0.25) is 5.91 Å². The molecular formula is C9H20N3O7P. The van der Waals surface area contributed by atoms with Gasteiger partial charge in [0.15, 0.2) is 6.04 Å². The Balaban J connectivity index is 4.33. The summed E-state index contributed by atoms with van der Waals surface area (Å²) in [5, 5.41) is 10.9. The van der Waals surface area contributed by atoms with Crippen LogP contribution < -0.4 is 16.8 Å². The van der Waals surface area contributed by atoms with Gasteiger partial charge in [0.25, 0.3) is 0 Å². The maximum Gasteiger partial charge on any atom is 0.469 e. The Kier molecular flexibility index (Phi) is 8.54. The van der Waals surface area contributed by atoms with E-state index in [4.69, 9.17) is 26.4 Å². The molecular weight excluding hydrogens is 293 g/mol. The van der Waals surface area contributed by atoms with Crippen molar-refractivity contribution >= 4 is 19.7 Å². The molecule has 118 valence electrons. The number of nitrogens with two attached hydrogens (primary N) is 2. The molecule has 0 aromatic rings. The van der Waals surface area contributed by atoms with E-state index in [9.17, 15) is 14.2 Å². The first-order chi connectivity index (χ1) is 9.17. The SMILES string of the molecule is NCCCC[C@H](N)C(=O)N[C@@H](COP(=O)(O)O)C(=O)O. The van der Waals surface area contributed by atoms with Crippen LogP contribution in [0.4, 0.5) is 0 Å². The molecule has 0 fully saturated rings. The summed E-state index contributed by atoms with van der Waals surface area (Å²) < 4.78 is 14.5. The topological polar surface area (TPSA) is 185 Å². The number of carbonyl (C=O) groups is 2. The van der Waals surface area contributed by atoms with Crippen LogP contribution in [-0.2, 0) is 18.7 Å². The molecule has 0 aliphatic carbocycles. The molecule has 0 radical (unpaired) electrons. The maximum atomic E-state index is 11.6. The normalized spacial score (nSPS) is 14.6. The van der Waals surface area contributed by atoms with Crippen molar-refractivity contribution in [1.29, 1.82) is 0 Å². The van der Waals surface area contributed by atoms with Crippen molar-refractivity contribution in [2.75, 3.05) is 13.2 Å². The Morgan fingerprint density at radius 2 is 1.90 bits per heavy atom. The van der Waals surface area contributed by atoms with E-state index in [2.05, 4.69) is 9.84 Å². The van der Waals surface area contributed by atoms with Gasteiger partial charge in [0, 0.05) is 0 Å². The van der Waals surface area contributed by atoms with Crippen LogP contribution in [0.2, 0.25) is 0 Å². The summed E-state index contributed by atoms with van der Waals surface area (Å²) in [6, 6.07) is -2.51. The zero-order valence-electron chi connectivity index (χ0n) is 10.8. The number of amides is 1. The van der Waals surface area contributed by atoms with Crippen molar-refractivity contribution in [1.82, 2.24) is 5.32 Å². The first-order valence-electron chi connectivity index (χ1n) is 5.86. The summed E-state index contributed by atoms with van der Waals surface area (Å²) in [5.74, 6) is -2.22. The van der Waals surface area contributed by atoms with Gasteiger partial charge in [-0.2, -0.15) is 0 Å². The van der Waals surface area contributed by atoms with Crippen molar-refractivity contribution in [2.45, 2.75) is 31.3 Å². The van der Waals surface area contributed by atoms with Crippen LogP contribution in [0.15, 0.2) is 0 Å². The summed E-state index contributed by atoms with van der Waals surface area (Å²) in [5.41, 5.74) is 10.8. The van der Waals surface area contributed by atoms with Crippen LogP contribution in [0, 0.1) is 0 Å². The Hall–Kier alpha value is -1.03. The third kappa shape index (κ3) is 8.97. The second-order valence-electron chi connectivity index (χ2n) is 4.08. The van der Waals surface area contributed by atoms with Crippen molar-refractivity contribution in [2.24, 2.45) is 11.5 Å². The number of aliphatic carboxylic acids is 1. The molecule has 20 heavy (non-hydrogen) atoms. The highest BCUT2D eigenvalue weighted by Gasteiger charge is 2.26. The summed E-state index contributed by atoms with van der Waals surface area (Å²) in [7, 11) is -4.81. The fourth-order valence-corrected chi connectivity index (χ4v) is 1.61. The summed E-state index contributed by atoms with van der Waals surface area (Å²) in [6.45, 7) is -0.400. The molecule has 0 bridgehead atoms. The van der Waals surface area contributed by atoms with Gasteiger partial charge in [-0.05, 0) is 19.4 Å². The van der Waals surface area contributed by atoms with E-state index in [1.807, 2.05) is 0 Å². The lowest BCUT2D eigenvalue weighted by Gasteiger charge is -2.18.